The molecule has 3 aliphatic heterocycles. The number of likely N-dealkylation sites (tertiary alicyclic amines) is 1. The minimum Gasteiger partial charge on any atom is -0.484 e. The van der Waals surface area contributed by atoms with E-state index in [2.05, 4.69) is 39.9 Å². The predicted molar refractivity (Wildman–Crippen MR) is 121 cm³/mol. The fourth-order valence-electron chi connectivity index (χ4n) is 5.68. The molecule has 0 amide bonds. The topological polar surface area (TPSA) is 19.0 Å². The molecule has 0 aromatic heterocycles. The van der Waals surface area contributed by atoms with E-state index < -0.39 is 12.8 Å². The molecule has 2 aromatic carbocycles. The number of halogens is 3. The van der Waals surface area contributed by atoms with Crippen molar-refractivity contribution >= 4 is 11.4 Å². The van der Waals surface area contributed by atoms with Gasteiger partial charge in [0.15, 0.2) is 6.61 Å². The van der Waals surface area contributed by atoms with E-state index in [-0.39, 0.29) is 0 Å². The molecule has 2 atom stereocenters. The highest BCUT2D eigenvalue weighted by molar-refractivity contribution is 5.80. The van der Waals surface area contributed by atoms with Gasteiger partial charge in [-0.15, -0.1) is 0 Å². The Morgan fingerprint density at radius 1 is 1.03 bits per heavy atom. The molecule has 2 aromatic rings. The molecule has 5 rings (SSSR count). The predicted octanol–water partition coefficient (Wildman–Crippen LogP) is 4.69. The zero-order chi connectivity index (χ0) is 22.3. The van der Waals surface area contributed by atoms with Gasteiger partial charge in [-0.3, -0.25) is 0 Å². The zero-order valence-corrected chi connectivity index (χ0v) is 18.4. The van der Waals surface area contributed by atoms with Gasteiger partial charge in [-0.05, 0) is 49.1 Å². The van der Waals surface area contributed by atoms with Crippen molar-refractivity contribution in [3.05, 3.63) is 53.6 Å². The first-order chi connectivity index (χ1) is 15.4. The van der Waals surface area contributed by atoms with Crippen LogP contribution in [0.1, 0.15) is 29.9 Å². The molecule has 3 heterocycles. The lowest BCUT2D eigenvalue weighted by Gasteiger charge is -2.41. The first-order valence-electron chi connectivity index (χ1n) is 11.5. The molecule has 0 N–H and O–H groups in total. The monoisotopic (exact) mass is 445 g/mol. The maximum absolute atomic E-state index is 12.5. The fourth-order valence-corrected chi connectivity index (χ4v) is 5.68. The second kappa shape index (κ2) is 8.50. The second-order valence-electron chi connectivity index (χ2n) is 9.21. The minimum atomic E-state index is -4.32. The molecule has 0 bridgehead atoms. The van der Waals surface area contributed by atoms with Crippen LogP contribution in [-0.4, -0.2) is 63.5 Å². The van der Waals surface area contributed by atoms with Gasteiger partial charge in [-0.1, -0.05) is 30.3 Å². The SMILES string of the molecule is CN1CCN2c3c(cccc31)[C@@H]1CN(CCCc3ccccc3OCC(F)(F)F)CC[C@@H]12. The van der Waals surface area contributed by atoms with Crippen molar-refractivity contribution in [1.82, 2.24) is 4.90 Å². The summed E-state index contributed by atoms with van der Waals surface area (Å²) in [6, 6.07) is 14.4. The van der Waals surface area contributed by atoms with E-state index in [1.54, 1.807) is 12.1 Å². The van der Waals surface area contributed by atoms with E-state index in [1.807, 2.05) is 12.1 Å². The molecule has 1 saturated heterocycles. The lowest BCUT2D eigenvalue weighted by Crippen LogP contribution is -2.49. The van der Waals surface area contributed by atoms with Crippen molar-refractivity contribution in [2.75, 3.05) is 56.2 Å². The van der Waals surface area contributed by atoms with Gasteiger partial charge >= 0.3 is 6.18 Å². The van der Waals surface area contributed by atoms with Crippen LogP contribution in [0.3, 0.4) is 0 Å². The summed E-state index contributed by atoms with van der Waals surface area (Å²) in [6.07, 6.45) is -1.54. The molecule has 172 valence electrons. The van der Waals surface area contributed by atoms with Gasteiger partial charge in [0, 0.05) is 45.2 Å². The van der Waals surface area contributed by atoms with Gasteiger partial charge in [0.1, 0.15) is 5.75 Å². The number of hydrogen-bond donors (Lipinski definition) is 0. The maximum Gasteiger partial charge on any atom is 0.422 e. The standard InChI is InChI=1S/C25H30F3N3O/c1-29-14-15-31-21-11-13-30(16-20(21)19-8-4-9-22(29)24(19)31)12-5-7-18-6-2-3-10-23(18)32-17-25(26,27)28/h2-4,6,8-10,20-21H,5,7,11-17H2,1H3/t20-,21-/m0/s1. The molecule has 0 aliphatic carbocycles. The summed E-state index contributed by atoms with van der Waals surface area (Å²) in [4.78, 5) is 7.53. The normalized spacial score (nSPS) is 22.6. The van der Waals surface area contributed by atoms with Crippen molar-refractivity contribution in [1.29, 1.82) is 0 Å². The third-order valence-electron chi connectivity index (χ3n) is 7.17. The third kappa shape index (κ3) is 4.15. The van der Waals surface area contributed by atoms with Crippen molar-refractivity contribution in [3.8, 4) is 5.75 Å². The van der Waals surface area contributed by atoms with Gasteiger partial charge in [-0.2, -0.15) is 13.2 Å². The number of nitrogens with zero attached hydrogens (tertiary/aromatic N) is 3. The second-order valence-corrected chi connectivity index (χ2v) is 9.21. The van der Waals surface area contributed by atoms with Crippen LogP contribution in [-0.2, 0) is 6.42 Å². The van der Waals surface area contributed by atoms with E-state index in [0.717, 1.165) is 57.5 Å². The summed E-state index contributed by atoms with van der Waals surface area (Å²) in [5.74, 6) is 0.881. The summed E-state index contributed by atoms with van der Waals surface area (Å²) in [5.41, 5.74) is 5.12. The van der Waals surface area contributed by atoms with Crippen molar-refractivity contribution < 1.29 is 17.9 Å². The van der Waals surface area contributed by atoms with Gasteiger partial charge in [-0.25, -0.2) is 0 Å². The minimum absolute atomic E-state index is 0.346. The van der Waals surface area contributed by atoms with Crippen LogP contribution in [0.25, 0.3) is 0 Å². The lowest BCUT2D eigenvalue weighted by atomic mass is 9.89. The first-order valence-corrected chi connectivity index (χ1v) is 11.5. The number of likely N-dealkylation sites (N-methyl/N-ethyl adjacent to an activating group) is 1. The Morgan fingerprint density at radius 3 is 2.72 bits per heavy atom. The molecule has 0 radical (unpaired) electrons. The van der Waals surface area contributed by atoms with Crippen LogP contribution >= 0.6 is 0 Å². The van der Waals surface area contributed by atoms with Gasteiger partial charge < -0.3 is 19.4 Å². The number of hydrogen-bond acceptors (Lipinski definition) is 4. The summed E-state index contributed by atoms with van der Waals surface area (Å²) in [6.45, 7) is 3.99. The molecule has 3 aliphatic rings. The lowest BCUT2D eigenvalue weighted by molar-refractivity contribution is -0.153. The molecule has 0 unspecified atom stereocenters. The highest BCUT2D eigenvalue weighted by Gasteiger charge is 2.44. The number of para-hydroxylation sites is 2. The number of rotatable bonds is 6. The van der Waals surface area contributed by atoms with Crippen LogP contribution in [0.15, 0.2) is 42.5 Å². The number of piperidine rings is 1. The van der Waals surface area contributed by atoms with Crippen LogP contribution < -0.4 is 14.5 Å². The number of ether oxygens (including phenoxy) is 1. The Bertz CT molecular complexity index is 964. The number of aryl methyl sites for hydroxylation is 1. The fraction of sp³-hybridized carbons (Fsp3) is 0.520. The van der Waals surface area contributed by atoms with E-state index in [0.29, 0.717) is 17.7 Å². The molecule has 0 saturated carbocycles. The molecular formula is C25H30F3N3O. The third-order valence-corrected chi connectivity index (χ3v) is 7.17. The van der Waals surface area contributed by atoms with Gasteiger partial charge in [0.05, 0.1) is 11.4 Å². The van der Waals surface area contributed by atoms with Gasteiger partial charge in [0.25, 0.3) is 0 Å². The molecule has 1 fully saturated rings. The summed E-state index contributed by atoms with van der Waals surface area (Å²) in [5, 5.41) is 0. The van der Waals surface area contributed by atoms with Crippen LogP contribution in [0.5, 0.6) is 5.75 Å². The Hall–Kier alpha value is -2.41. The summed E-state index contributed by atoms with van der Waals surface area (Å²) >= 11 is 0. The van der Waals surface area contributed by atoms with Crippen molar-refractivity contribution in [3.63, 3.8) is 0 Å². The molecular weight excluding hydrogens is 415 g/mol. The maximum atomic E-state index is 12.5. The Morgan fingerprint density at radius 2 is 1.88 bits per heavy atom. The van der Waals surface area contributed by atoms with E-state index >= 15 is 0 Å². The van der Waals surface area contributed by atoms with Crippen molar-refractivity contribution in [2.45, 2.75) is 37.4 Å². The number of anilines is 2. The van der Waals surface area contributed by atoms with E-state index in [1.165, 1.54) is 16.9 Å². The molecule has 32 heavy (non-hydrogen) atoms. The first kappa shape index (κ1) is 21.4. The van der Waals surface area contributed by atoms with E-state index in [4.69, 9.17) is 4.74 Å². The zero-order valence-electron chi connectivity index (χ0n) is 18.4. The van der Waals surface area contributed by atoms with Crippen LogP contribution in [0, 0.1) is 0 Å². The Labute approximate surface area is 187 Å². The number of benzene rings is 2. The largest absolute Gasteiger partial charge is 0.484 e. The van der Waals surface area contributed by atoms with Crippen LogP contribution in [0.4, 0.5) is 24.5 Å². The number of fused-ring (bicyclic) bond motifs is 3. The quantitative estimate of drug-likeness (QED) is 0.642. The average molecular weight is 446 g/mol. The molecule has 0 spiro atoms. The van der Waals surface area contributed by atoms with Crippen LogP contribution in [0.2, 0.25) is 0 Å². The summed E-state index contributed by atoms with van der Waals surface area (Å²) < 4.78 is 42.7. The van der Waals surface area contributed by atoms with Gasteiger partial charge in [0.2, 0.25) is 0 Å². The number of alkyl halides is 3. The van der Waals surface area contributed by atoms with E-state index in [9.17, 15) is 13.2 Å². The Kier molecular flexibility index (Phi) is 5.70. The highest BCUT2D eigenvalue weighted by atomic mass is 19.4. The smallest absolute Gasteiger partial charge is 0.422 e. The highest BCUT2D eigenvalue weighted by Crippen LogP contribution is 2.50. The average Bonchev–Trinajstić information content (AvgIpc) is 3.09. The van der Waals surface area contributed by atoms with Crippen molar-refractivity contribution in [2.24, 2.45) is 0 Å². The molecule has 7 heteroatoms. The Balaban J connectivity index is 1.21. The summed E-state index contributed by atoms with van der Waals surface area (Å²) in [7, 11) is 2.18. The molecule has 4 nitrogen and oxygen atoms in total.